The molecular weight excluding hydrogens is 256 g/mol. The zero-order valence-corrected chi connectivity index (χ0v) is 14.3. The van der Waals surface area contributed by atoms with Gasteiger partial charge in [0.1, 0.15) is 0 Å². The van der Waals surface area contributed by atoms with Crippen LogP contribution < -0.4 is 5.32 Å². The molecule has 1 heterocycles. The van der Waals surface area contributed by atoms with Gasteiger partial charge in [0.25, 0.3) is 0 Å². The number of nitrogens with one attached hydrogen (secondary N) is 1. The molecule has 1 aromatic carbocycles. The van der Waals surface area contributed by atoms with E-state index in [1.54, 1.807) is 0 Å². The van der Waals surface area contributed by atoms with Crippen LogP contribution in [0.25, 0.3) is 0 Å². The van der Waals surface area contributed by atoms with Gasteiger partial charge in [0.15, 0.2) is 0 Å². The molecule has 1 fully saturated rings. The summed E-state index contributed by atoms with van der Waals surface area (Å²) >= 11 is 0. The summed E-state index contributed by atoms with van der Waals surface area (Å²) in [4.78, 5) is 2.64. The Balaban J connectivity index is 1.74. The molecule has 118 valence electrons. The maximum absolute atomic E-state index is 3.65. The first-order valence-corrected chi connectivity index (χ1v) is 8.56. The van der Waals surface area contributed by atoms with Crippen molar-refractivity contribution in [2.75, 3.05) is 26.2 Å². The van der Waals surface area contributed by atoms with E-state index in [9.17, 15) is 0 Å². The molecule has 21 heavy (non-hydrogen) atoms. The number of aryl methyl sites for hydroxylation is 3. The summed E-state index contributed by atoms with van der Waals surface area (Å²) in [5.74, 6) is 0.731. The molecule has 0 radical (unpaired) electrons. The second kappa shape index (κ2) is 7.95. The minimum absolute atomic E-state index is 0.731. The molecule has 2 rings (SSSR count). The van der Waals surface area contributed by atoms with Crippen molar-refractivity contribution in [3.8, 4) is 0 Å². The van der Waals surface area contributed by atoms with Gasteiger partial charge in [0.2, 0.25) is 0 Å². The Morgan fingerprint density at radius 3 is 2.38 bits per heavy atom. The summed E-state index contributed by atoms with van der Waals surface area (Å²) in [6, 6.07) is 4.65. The van der Waals surface area contributed by atoms with E-state index in [4.69, 9.17) is 0 Å². The molecule has 1 aromatic rings. The molecule has 1 unspecified atom stereocenters. The van der Waals surface area contributed by atoms with Crippen molar-refractivity contribution in [2.45, 2.75) is 53.5 Å². The number of piperidine rings is 1. The smallest absolute Gasteiger partial charge is 0.0208 e. The van der Waals surface area contributed by atoms with Gasteiger partial charge < -0.3 is 10.2 Å². The summed E-state index contributed by atoms with van der Waals surface area (Å²) < 4.78 is 0. The third-order valence-electron chi connectivity index (χ3n) is 4.78. The lowest BCUT2D eigenvalue weighted by atomic mass is 10.0. The summed E-state index contributed by atoms with van der Waals surface area (Å²) in [6.45, 7) is 15.0. The number of likely N-dealkylation sites (tertiary alicyclic amines) is 1. The average molecular weight is 288 g/mol. The van der Waals surface area contributed by atoms with Crippen molar-refractivity contribution in [1.29, 1.82) is 0 Å². The van der Waals surface area contributed by atoms with E-state index in [0.717, 1.165) is 19.0 Å². The van der Waals surface area contributed by atoms with Crippen LogP contribution in [0.4, 0.5) is 0 Å². The van der Waals surface area contributed by atoms with Gasteiger partial charge in [-0.2, -0.15) is 0 Å². The first-order valence-electron chi connectivity index (χ1n) is 8.56. The van der Waals surface area contributed by atoms with Gasteiger partial charge in [-0.05, 0) is 81.4 Å². The van der Waals surface area contributed by atoms with Crippen LogP contribution in [-0.2, 0) is 6.54 Å². The highest BCUT2D eigenvalue weighted by molar-refractivity contribution is 5.36. The van der Waals surface area contributed by atoms with E-state index >= 15 is 0 Å². The SMILES string of the molecule is Cc1cc(C)c(CNCC(C)CN2CCCCC2)cc1C. The number of hydrogen-bond acceptors (Lipinski definition) is 2. The van der Waals surface area contributed by atoms with Crippen molar-refractivity contribution >= 4 is 0 Å². The van der Waals surface area contributed by atoms with E-state index in [-0.39, 0.29) is 0 Å². The maximum atomic E-state index is 3.65. The molecule has 0 saturated carbocycles. The van der Waals surface area contributed by atoms with Crippen molar-refractivity contribution in [2.24, 2.45) is 5.92 Å². The van der Waals surface area contributed by atoms with E-state index in [0.29, 0.717) is 0 Å². The first kappa shape index (κ1) is 16.5. The van der Waals surface area contributed by atoms with Crippen LogP contribution in [-0.4, -0.2) is 31.1 Å². The van der Waals surface area contributed by atoms with E-state index < -0.39 is 0 Å². The predicted octanol–water partition coefficient (Wildman–Crippen LogP) is 3.82. The van der Waals surface area contributed by atoms with Crippen LogP contribution in [0.3, 0.4) is 0 Å². The fourth-order valence-electron chi connectivity index (χ4n) is 3.31. The molecule has 0 amide bonds. The van der Waals surface area contributed by atoms with Crippen LogP contribution in [0.5, 0.6) is 0 Å². The Bertz CT molecular complexity index is 447. The summed E-state index contributed by atoms with van der Waals surface area (Å²) in [5.41, 5.74) is 5.66. The number of benzene rings is 1. The van der Waals surface area contributed by atoms with Gasteiger partial charge in [-0.25, -0.2) is 0 Å². The Morgan fingerprint density at radius 2 is 1.67 bits per heavy atom. The van der Waals surface area contributed by atoms with Crippen molar-refractivity contribution in [3.05, 3.63) is 34.4 Å². The minimum atomic E-state index is 0.731. The van der Waals surface area contributed by atoms with Gasteiger partial charge in [-0.1, -0.05) is 25.5 Å². The third kappa shape index (κ3) is 5.12. The molecule has 1 atom stereocenters. The molecule has 1 saturated heterocycles. The van der Waals surface area contributed by atoms with Gasteiger partial charge in [0, 0.05) is 13.1 Å². The highest BCUT2D eigenvalue weighted by atomic mass is 15.1. The van der Waals surface area contributed by atoms with E-state index in [1.807, 2.05) is 0 Å². The number of nitrogens with zero attached hydrogens (tertiary/aromatic N) is 1. The molecule has 0 aromatic heterocycles. The molecule has 0 bridgehead atoms. The van der Waals surface area contributed by atoms with Gasteiger partial charge in [-0.3, -0.25) is 0 Å². The van der Waals surface area contributed by atoms with Crippen LogP contribution >= 0.6 is 0 Å². The third-order valence-corrected chi connectivity index (χ3v) is 4.78. The fourth-order valence-corrected chi connectivity index (χ4v) is 3.31. The van der Waals surface area contributed by atoms with Gasteiger partial charge in [0.05, 0.1) is 0 Å². The second-order valence-electron chi connectivity index (χ2n) is 6.96. The van der Waals surface area contributed by atoms with Gasteiger partial charge >= 0.3 is 0 Å². The molecule has 0 spiro atoms. The molecule has 1 N–H and O–H groups in total. The Morgan fingerprint density at radius 1 is 1.00 bits per heavy atom. The molecule has 2 nitrogen and oxygen atoms in total. The first-order chi connectivity index (χ1) is 10.1. The minimum Gasteiger partial charge on any atom is -0.312 e. The molecule has 2 heteroatoms. The monoisotopic (exact) mass is 288 g/mol. The van der Waals surface area contributed by atoms with Crippen molar-refractivity contribution < 1.29 is 0 Å². The number of rotatable bonds is 6. The Labute approximate surface area is 130 Å². The molecule has 1 aliphatic heterocycles. The standard InChI is InChI=1S/C19H32N2/c1-15(14-21-8-6-5-7-9-21)12-20-13-19-11-17(3)16(2)10-18(19)4/h10-11,15,20H,5-9,12-14H2,1-4H3. The van der Waals surface area contributed by atoms with E-state index in [2.05, 4.69) is 50.0 Å². The van der Waals surface area contributed by atoms with Crippen LogP contribution in [0.1, 0.15) is 48.4 Å². The Kier molecular flexibility index (Phi) is 6.25. The Hall–Kier alpha value is -0.860. The van der Waals surface area contributed by atoms with Crippen LogP contribution in [0, 0.1) is 26.7 Å². The summed E-state index contributed by atoms with van der Waals surface area (Å²) in [5, 5.41) is 3.65. The van der Waals surface area contributed by atoms with Gasteiger partial charge in [-0.15, -0.1) is 0 Å². The lowest BCUT2D eigenvalue weighted by molar-refractivity contribution is 0.199. The van der Waals surface area contributed by atoms with Crippen LogP contribution in [0.15, 0.2) is 12.1 Å². The largest absolute Gasteiger partial charge is 0.312 e. The predicted molar refractivity (Wildman–Crippen MR) is 91.8 cm³/mol. The lowest BCUT2D eigenvalue weighted by Gasteiger charge is -2.29. The fraction of sp³-hybridized carbons (Fsp3) is 0.684. The van der Waals surface area contributed by atoms with Crippen LogP contribution in [0.2, 0.25) is 0 Å². The highest BCUT2D eigenvalue weighted by Gasteiger charge is 2.13. The summed E-state index contributed by atoms with van der Waals surface area (Å²) in [6.07, 6.45) is 4.21. The molecule has 0 aliphatic carbocycles. The topological polar surface area (TPSA) is 15.3 Å². The number of hydrogen-bond donors (Lipinski definition) is 1. The normalized spacial score (nSPS) is 17.9. The summed E-state index contributed by atoms with van der Waals surface area (Å²) in [7, 11) is 0. The molecular formula is C19H32N2. The maximum Gasteiger partial charge on any atom is 0.0208 e. The van der Waals surface area contributed by atoms with Crippen molar-refractivity contribution in [3.63, 3.8) is 0 Å². The lowest BCUT2D eigenvalue weighted by Crippen LogP contribution is -2.36. The average Bonchev–Trinajstić information content (AvgIpc) is 2.45. The van der Waals surface area contributed by atoms with E-state index in [1.165, 1.54) is 61.2 Å². The zero-order valence-electron chi connectivity index (χ0n) is 14.3. The quantitative estimate of drug-likeness (QED) is 0.856. The second-order valence-corrected chi connectivity index (χ2v) is 6.96. The van der Waals surface area contributed by atoms with Crippen molar-refractivity contribution in [1.82, 2.24) is 10.2 Å². The zero-order chi connectivity index (χ0) is 15.2. The molecule has 1 aliphatic rings. The highest BCUT2D eigenvalue weighted by Crippen LogP contribution is 2.15.